The van der Waals surface area contributed by atoms with Gasteiger partial charge in [0.1, 0.15) is 5.82 Å². The average molecular weight is 398 g/mol. The molecule has 1 aliphatic heterocycles. The third-order valence-corrected chi connectivity index (χ3v) is 5.80. The number of piperidine rings is 1. The number of anilines is 1. The number of hydrogen-bond acceptors (Lipinski definition) is 5. The summed E-state index contributed by atoms with van der Waals surface area (Å²) in [5.41, 5.74) is 8.59. The summed E-state index contributed by atoms with van der Waals surface area (Å²) in [6, 6.07) is 9.32. The molecule has 0 spiro atoms. The summed E-state index contributed by atoms with van der Waals surface area (Å²) in [5, 5.41) is 7.53. The van der Waals surface area contributed by atoms with E-state index in [0.29, 0.717) is 17.6 Å². The van der Waals surface area contributed by atoms with Crippen LogP contribution in [0.25, 0.3) is 10.9 Å². The van der Waals surface area contributed by atoms with Gasteiger partial charge in [-0.25, -0.2) is 4.98 Å². The summed E-state index contributed by atoms with van der Waals surface area (Å²) in [7, 11) is 0. The van der Waals surface area contributed by atoms with Crippen molar-refractivity contribution in [1.29, 1.82) is 0 Å². The van der Waals surface area contributed by atoms with E-state index in [1.807, 2.05) is 6.07 Å². The minimum absolute atomic E-state index is 0.161. The molecule has 0 aliphatic carbocycles. The predicted molar refractivity (Wildman–Crippen MR) is 120 cm³/mol. The molecule has 0 saturated carbocycles. The van der Waals surface area contributed by atoms with Crippen LogP contribution in [0.4, 0.5) is 5.82 Å². The van der Waals surface area contributed by atoms with E-state index in [4.69, 9.17) is 10.7 Å². The Labute approximate surface area is 174 Å². The maximum Gasteiger partial charge on any atom is 0.256 e. The highest BCUT2D eigenvalue weighted by atomic mass is 16.1. The first kappa shape index (κ1) is 21.5. The van der Waals surface area contributed by atoms with Gasteiger partial charge in [-0.05, 0) is 63.3 Å². The Morgan fingerprint density at radius 1 is 1.24 bits per heavy atom. The van der Waals surface area contributed by atoms with Crippen LogP contribution in [0.3, 0.4) is 0 Å². The fourth-order valence-corrected chi connectivity index (χ4v) is 3.91. The number of aromatic nitrogens is 1. The van der Waals surface area contributed by atoms with Crippen molar-refractivity contribution >= 4 is 22.6 Å². The number of carbonyl (C=O) groups is 1. The summed E-state index contributed by atoms with van der Waals surface area (Å²) in [4.78, 5) is 20.1. The summed E-state index contributed by atoms with van der Waals surface area (Å²) >= 11 is 0. The smallest absolute Gasteiger partial charge is 0.256 e. The summed E-state index contributed by atoms with van der Waals surface area (Å²) in [6.07, 6.45) is 3.78. The third kappa shape index (κ3) is 5.25. The lowest BCUT2D eigenvalue weighted by atomic mass is 10.0. The molecule has 2 atom stereocenters. The van der Waals surface area contributed by atoms with Crippen molar-refractivity contribution in [2.24, 2.45) is 5.73 Å². The first-order valence-corrected chi connectivity index (χ1v) is 10.9. The van der Waals surface area contributed by atoms with Gasteiger partial charge in [0, 0.05) is 30.6 Å². The minimum atomic E-state index is -0.404. The standard InChI is InChI=1S/C23H35N5O/c1-5-15(3)25-19-9-11-28(12-10-19)22-20(23(29)26-16(4)24)14-18-13-17(6-2)7-8-21(18)27-22/h7-8,13-16,19,25H,5-6,9-12,24H2,1-4H3,(H,26,29). The molecule has 0 bridgehead atoms. The minimum Gasteiger partial charge on any atom is -0.356 e. The van der Waals surface area contributed by atoms with Crippen LogP contribution in [0.1, 0.15) is 62.9 Å². The van der Waals surface area contributed by atoms with Gasteiger partial charge in [-0.2, -0.15) is 0 Å². The van der Waals surface area contributed by atoms with Crippen molar-refractivity contribution in [2.45, 2.75) is 71.6 Å². The lowest BCUT2D eigenvalue weighted by Crippen LogP contribution is -2.46. The monoisotopic (exact) mass is 397 g/mol. The Morgan fingerprint density at radius 3 is 2.59 bits per heavy atom. The number of benzene rings is 1. The molecule has 1 aromatic heterocycles. The summed E-state index contributed by atoms with van der Waals surface area (Å²) in [6.45, 7) is 10.1. The van der Waals surface area contributed by atoms with Crippen molar-refractivity contribution in [2.75, 3.05) is 18.0 Å². The van der Waals surface area contributed by atoms with Gasteiger partial charge in [0.15, 0.2) is 0 Å². The Hall–Kier alpha value is -2.18. The molecule has 6 heteroatoms. The van der Waals surface area contributed by atoms with Crippen molar-refractivity contribution in [3.05, 3.63) is 35.4 Å². The largest absolute Gasteiger partial charge is 0.356 e. The average Bonchev–Trinajstić information content (AvgIpc) is 2.72. The van der Waals surface area contributed by atoms with Crippen molar-refractivity contribution < 1.29 is 4.79 Å². The second kappa shape index (κ2) is 9.55. The zero-order chi connectivity index (χ0) is 21.0. The fourth-order valence-electron chi connectivity index (χ4n) is 3.91. The number of carbonyl (C=O) groups excluding carboxylic acids is 1. The number of hydrogen-bond donors (Lipinski definition) is 3. The Bertz CT molecular complexity index is 843. The lowest BCUT2D eigenvalue weighted by molar-refractivity contribution is 0.0941. The molecule has 158 valence electrons. The molecule has 2 heterocycles. The highest BCUT2D eigenvalue weighted by Gasteiger charge is 2.25. The van der Waals surface area contributed by atoms with Crippen molar-refractivity contribution in [1.82, 2.24) is 15.6 Å². The van der Waals surface area contributed by atoms with E-state index in [0.717, 1.165) is 55.5 Å². The Balaban J connectivity index is 1.90. The van der Waals surface area contributed by atoms with Crippen LogP contribution < -0.4 is 21.3 Å². The molecule has 3 rings (SSSR count). The number of nitrogens with two attached hydrogens (primary N) is 1. The highest BCUT2D eigenvalue weighted by Crippen LogP contribution is 2.27. The van der Waals surface area contributed by atoms with Crippen LogP contribution >= 0.6 is 0 Å². The van der Waals surface area contributed by atoms with E-state index in [-0.39, 0.29) is 5.91 Å². The van der Waals surface area contributed by atoms with Crippen LogP contribution in [0.5, 0.6) is 0 Å². The van der Waals surface area contributed by atoms with E-state index in [2.05, 4.69) is 54.5 Å². The lowest BCUT2D eigenvalue weighted by Gasteiger charge is -2.35. The SMILES string of the molecule is CCc1ccc2nc(N3CCC(NC(C)CC)CC3)c(C(=O)NC(C)N)cc2c1. The van der Waals surface area contributed by atoms with E-state index < -0.39 is 6.17 Å². The van der Waals surface area contributed by atoms with E-state index >= 15 is 0 Å². The van der Waals surface area contributed by atoms with Crippen molar-refractivity contribution in [3.8, 4) is 0 Å². The van der Waals surface area contributed by atoms with Crippen LogP contribution in [-0.4, -0.2) is 42.2 Å². The molecule has 1 saturated heterocycles. The van der Waals surface area contributed by atoms with Gasteiger partial charge in [0.05, 0.1) is 17.2 Å². The van der Waals surface area contributed by atoms with Gasteiger partial charge in [-0.1, -0.05) is 19.9 Å². The van der Waals surface area contributed by atoms with E-state index in [1.54, 1.807) is 6.92 Å². The van der Waals surface area contributed by atoms with E-state index in [1.165, 1.54) is 5.56 Å². The van der Waals surface area contributed by atoms with Crippen LogP contribution in [0.15, 0.2) is 24.3 Å². The molecule has 2 aromatic rings. The first-order valence-electron chi connectivity index (χ1n) is 10.9. The molecular weight excluding hydrogens is 362 g/mol. The Kier molecular flexibility index (Phi) is 7.09. The van der Waals surface area contributed by atoms with Crippen LogP contribution in [-0.2, 0) is 6.42 Å². The van der Waals surface area contributed by atoms with E-state index in [9.17, 15) is 4.79 Å². The van der Waals surface area contributed by atoms with Gasteiger partial charge < -0.3 is 21.3 Å². The van der Waals surface area contributed by atoms with Gasteiger partial charge in [-0.15, -0.1) is 0 Å². The number of nitrogens with zero attached hydrogens (tertiary/aromatic N) is 2. The number of aryl methyl sites for hydroxylation is 1. The maximum absolute atomic E-state index is 12.9. The second-order valence-corrected chi connectivity index (χ2v) is 8.24. The topological polar surface area (TPSA) is 83.3 Å². The van der Waals surface area contributed by atoms with Gasteiger partial charge >= 0.3 is 0 Å². The molecule has 29 heavy (non-hydrogen) atoms. The maximum atomic E-state index is 12.9. The van der Waals surface area contributed by atoms with Gasteiger partial charge in [-0.3, -0.25) is 4.79 Å². The third-order valence-electron chi connectivity index (χ3n) is 5.80. The molecule has 1 aliphatic rings. The molecule has 1 amide bonds. The quantitative estimate of drug-likeness (QED) is 0.625. The molecular formula is C23H35N5O. The zero-order valence-electron chi connectivity index (χ0n) is 18.2. The number of pyridine rings is 1. The predicted octanol–water partition coefficient (Wildman–Crippen LogP) is 3.19. The molecule has 2 unspecified atom stereocenters. The fraction of sp³-hybridized carbons (Fsp3) is 0.565. The number of nitrogens with one attached hydrogen (secondary N) is 2. The highest BCUT2D eigenvalue weighted by molar-refractivity contribution is 6.02. The normalized spacial score (nSPS) is 17.3. The summed E-state index contributed by atoms with van der Waals surface area (Å²) < 4.78 is 0. The molecule has 1 fully saturated rings. The second-order valence-electron chi connectivity index (χ2n) is 8.24. The number of amides is 1. The number of fused-ring (bicyclic) bond motifs is 1. The van der Waals surface area contributed by atoms with Crippen molar-refractivity contribution in [3.63, 3.8) is 0 Å². The zero-order valence-corrected chi connectivity index (χ0v) is 18.2. The van der Waals surface area contributed by atoms with Gasteiger partial charge in [0.25, 0.3) is 5.91 Å². The molecule has 6 nitrogen and oxygen atoms in total. The van der Waals surface area contributed by atoms with Crippen LogP contribution in [0, 0.1) is 0 Å². The molecule has 0 radical (unpaired) electrons. The molecule has 4 N–H and O–H groups in total. The first-order chi connectivity index (χ1) is 13.9. The Morgan fingerprint density at radius 2 is 1.97 bits per heavy atom. The molecule has 1 aromatic carbocycles. The summed E-state index contributed by atoms with van der Waals surface area (Å²) in [5.74, 6) is 0.605. The van der Waals surface area contributed by atoms with Crippen LogP contribution in [0.2, 0.25) is 0 Å². The van der Waals surface area contributed by atoms with Gasteiger partial charge in [0.2, 0.25) is 0 Å². The number of rotatable bonds is 7.